The summed E-state index contributed by atoms with van der Waals surface area (Å²) in [5.74, 6) is 0.261. The summed E-state index contributed by atoms with van der Waals surface area (Å²) in [5.41, 5.74) is 1.87. The van der Waals surface area contributed by atoms with Crippen LogP contribution in [0, 0.1) is 6.92 Å². The molecule has 2 aromatic rings. The molecule has 2 aliphatic rings. The van der Waals surface area contributed by atoms with E-state index in [1.807, 2.05) is 36.1 Å². The number of amides is 1. The highest BCUT2D eigenvalue weighted by Crippen LogP contribution is 2.41. The number of anilines is 1. The summed E-state index contributed by atoms with van der Waals surface area (Å²) in [6.45, 7) is 1.75. The number of thioether (sulfide) groups is 1. The van der Waals surface area contributed by atoms with Gasteiger partial charge in [0.1, 0.15) is 5.75 Å². The van der Waals surface area contributed by atoms with Crippen molar-refractivity contribution in [1.82, 2.24) is 0 Å². The number of rotatable bonds is 4. The SMILES string of the molecule is Cc1ccccc1N1C(=NC(=O)COc2ccc(Cl)cc2)SC2CS(=O)(=O)CC21. The summed E-state index contributed by atoms with van der Waals surface area (Å²) < 4.78 is 29.8. The summed E-state index contributed by atoms with van der Waals surface area (Å²) >= 11 is 7.20. The topological polar surface area (TPSA) is 76.0 Å². The monoisotopic (exact) mass is 450 g/mol. The minimum absolute atomic E-state index is 0.0630. The Morgan fingerprint density at radius 2 is 1.93 bits per heavy atom. The Labute approximate surface area is 178 Å². The molecule has 2 fully saturated rings. The highest BCUT2D eigenvalue weighted by Gasteiger charge is 2.49. The number of fused-ring (bicyclic) bond motifs is 1. The van der Waals surface area contributed by atoms with Gasteiger partial charge >= 0.3 is 0 Å². The molecule has 2 aliphatic heterocycles. The molecule has 0 bridgehead atoms. The van der Waals surface area contributed by atoms with Crippen molar-refractivity contribution < 1.29 is 17.9 Å². The van der Waals surface area contributed by atoms with E-state index in [9.17, 15) is 13.2 Å². The average molecular weight is 451 g/mol. The van der Waals surface area contributed by atoms with E-state index in [0.717, 1.165) is 11.3 Å². The second-order valence-electron chi connectivity index (χ2n) is 6.99. The van der Waals surface area contributed by atoms with Crippen molar-refractivity contribution in [2.45, 2.75) is 18.2 Å². The number of carbonyl (C=O) groups is 1. The van der Waals surface area contributed by atoms with Gasteiger partial charge in [0.2, 0.25) is 0 Å². The molecule has 9 heteroatoms. The second kappa shape index (κ2) is 8.01. The van der Waals surface area contributed by atoms with Crippen LogP contribution in [0.3, 0.4) is 0 Å². The van der Waals surface area contributed by atoms with Crippen LogP contribution < -0.4 is 9.64 Å². The lowest BCUT2D eigenvalue weighted by molar-refractivity contribution is -0.119. The molecular weight excluding hydrogens is 432 g/mol. The molecule has 29 heavy (non-hydrogen) atoms. The first-order chi connectivity index (χ1) is 13.8. The Morgan fingerprint density at radius 1 is 1.21 bits per heavy atom. The number of benzene rings is 2. The minimum atomic E-state index is -3.10. The molecule has 2 aromatic carbocycles. The number of para-hydroxylation sites is 1. The van der Waals surface area contributed by atoms with E-state index in [-0.39, 0.29) is 29.4 Å². The number of amidine groups is 1. The molecule has 0 spiro atoms. The molecule has 1 amide bonds. The van der Waals surface area contributed by atoms with Gasteiger partial charge in [-0.2, -0.15) is 4.99 Å². The molecule has 0 aromatic heterocycles. The number of aryl methyl sites for hydroxylation is 1. The van der Waals surface area contributed by atoms with Crippen molar-refractivity contribution in [1.29, 1.82) is 0 Å². The van der Waals surface area contributed by atoms with Crippen LogP contribution >= 0.6 is 23.4 Å². The molecule has 0 radical (unpaired) electrons. The molecule has 2 unspecified atom stereocenters. The summed E-state index contributed by atoms with van der Waals surface area (Å²) in [6.07, 6.45) is 0. The molecule has 0 saturated carbocycles. The maximum absolute atomic E-state index is 12.5. The molecule has 4 rings (SSSR count). The van der Waals surface area contributed by atoms with E-state index in [1.54, 1.807) is 24.3 Å². The molecule has 0 N–H and O–H groups in total. The fraction of sp³-hybridized carbons (Fsp3) is 0.300. The number of sulfone groups is 1. The van der Waals surface area contributed by atoms with E-state index < -0.39 is 15.7 Å². The van der Waals surface area contributed by atoms with Crippen molar-refractivity contribution in [2.75, 3.05) is 23.0 Å². The first kappa shape index (κ1) is 20.3. The fourth-order valence-electron chi connectivity index (χ4n) is 3.49. The van der Waals surface area contributed by atoms with E-state index in [4.69, 9.17) is 16.3 Å². The van der Waals surface area contributed by atoms with Gasteiger partial charge in [0.15, 0.2) is 21.6 Å². The molecule has 6 nitrogen and oxygen atoms in total. The predicted molar refractivity (Wildman–Crippen MR) is 117 cm³/mol. The zero-order valence-electron chi connectivity index (χ0n) is 15.6. The van der Waals surface area contributed by atoms with Gasteiger partial charge in [-0.25, -0.2) is 8.42 Å². The van der Waals surface area contributed by atoms with E-state index in [0.29, 0.717) is 15.9 Å². The number of nitrogens with zero attached hydrogens (tertiary/aromatic N) is 2. The van der Waals surface area contributed by atoms with Gasteiger partial charge in [-0.05, 0) is 42.8 Å². The maximum Gasteiger partial charge on any atom is 0.285 e. The van der Waals surface area contributed by atoms with Gasteiger partial charge in [0, 0.05) is 16.0 Å². The Bertz CT molecular complexity index is 1070. The molecule has 2 heterocycles. The molecule has 0 aliphatic carbocycles. The number of hydrogen-bond acceptors (Lipinski definition) is 5. The van der Waals surface area contributed by atoms with E-state index in [1.165, 1.54) is 11.8 Å². The van der Waals surface area contributed by atoms with Crippen LogP contribution in [0.1, 0.15) is 5.56 Å². The zero-order valence-corrected chi connectivity index (χ0v) is 18.0. The second-order valence-corrected chi connectivity index (χ2v) is 10.8. The number of hydrogen-bond donors (Lipinski definition) is 0. The van der Waals surface area contributed by atoms with Crippen LogP contribution in [0.15, 0.2) is 53.5 Å². The molecule has 2 saturated heterocycles. The van der Waals surface area contributed by atoms with Gasteiger partial charge in [-0.15, -0.1) is 0 Å². The summed E-state index contributed by atoms with van der Waals surface area (Å²) in [6, 6.07) is 14.2. The Kier molecular flexibility index (Phi) is 5.59. The van der Waals surface area contributed by atoms with Crippen molar-refractivity contribution >= 4 is 50.0 Å². The number of ether oxygens (including phenoxy) is 1. The van der Waals surface area contributed by atoms with E-state index >= 15 is 0 Å². The Morgan fingerprint density at radius 3 is 2.66 bits per heavy atom. The van der Waals surface area contributed by atoms with Gasteiger partial charge in [0.25, 0.3) is 5.91 Å². The van der Waals surface area contributed by atoms with Gasteiger partial charge in [-0.1, -0.05) is 41.6 Å². The summed E-state index contributed by atoms with van der Waals surface area (Å²) in [4.78, 5) is 18.6. The Balaban J connectivity index is 1.57. The first-order valence-electron chi connectivity index (χ1n) is 9.04. The highest BCUT2D eigenvalue weighted by atomic mass is 35.5. The lowest BCUT2D eigenvalue weighted by atomic mass is 10.1. The third kappa shape index (κ3) is 4.44. The highest BCUT2D eigenvalue weighted by molar-refractivity contribution is 8.16. The van der Waals surface area contributed by atoms with E-state index in [2.05, 4.69) is 4.99 Å². The van der Waals surface area contributed by atoms with Crippen molar-refractivity contribution in [2.24, 2.45) is 4.99 Å². The van der Waals surface area contributed by atoms with Crippen molar-refractivity contribution in [3.05, 3.63) is 59.1 Å². The first-order valence-corrected chi connectivity index (χ1v) is 12.1. The van der Waals surface area contributed by atoms with Gasteiger partial charge < -0.3 is 9.64 Å². The predicted octanol–water partition coefficient (Wildman–Crippen LogP) is 3.33. The number of halogens is 1. The maximum atomic E-state index is 12.5. The fourth-order valence-corrected chi connectivity index (χ4v) is 7.54. The van der Waals surface area contributed by atoms with Crippen molar-refractivity contribution in [3.8, 4) is 5.75 Å². The van der Waals surface area contributed by atoms with Crippen LogP contribution in [-0.4, -0.2) is 48.9 Å². The number of aliphatic imine (C=N–C) groups is 1. The van der Waals surface area contributed by atoms with Crippen LogP contribution in [0.4, 0.5) is 5.69 Å². The van der Waals surface area contributed by atoms with Crippen LogP contribution in [0.5, 0.6) is 5.75 Å². The third-order valence-corrected chi connectivity index (χ3v) is 8.30. The zero-order chi connectivity index (χ0) is 20.6. The quantitative estimate of drug-likeness (QED) is 0.711. The van der Waals surface area contributed by atoms with Gasteiger partial charge in [0.05, 0.1) is 17.5 Å². The van der Waals surface area contributed by atoms with Crippen LogP contribution in [0.25, 0.3) is 0 Å². The smallest absolute Gasteiger partial charge is 0.285 e. The lowest BCUT2D eigenvalue weighted by Gasteiger charge is -2.26. The minimum Gasteiger partial charge on any atom is -0.484 e. The largest absolute Gasteiger partial charge is 0.484 e. The molecular formula is C20H19ClN2O4S2. The summed E-state index contributed by atoms with van der Waals surface area (Å²) in [7, 11) is -3.10. The third-order valence-electron chi connectivity index (χ3n) is 4.84. The van der Waals surface area contributed by atoms with Gasteiger partial charge in [-0.3, -0.25) is 4.79 Å². The van der Waals surface area contributed by atoms with Crippen LogP contribution in [-0.2, 0) is 14.6 Å². The molecule has 2 atom stereocenters. The average Bonchev–Trinajstić information content (AvgIpc) is 3.13. The number of carbonyl (C=O) groups excluding carboxylic acids is 1. The Hall–Kier alpha value is -2.03. The standard InChI is InChI=1S/C20H19ClN2O4S2/c1-13-4-2-3-5-16(13)23-17-11-29(25,26)12-18(17)28-20(23)22-19(24)10-27-15-8-6-14(21)7-9-15/h2-9,17-18H,10-12H2,1H3. The molecule has 152 valence electrons. The summed E-state index contributed by atoms with van der Waals surface area (Å²) in [5, 5.41) is 0.971. The van der Waals surface area contributed by atoms with Crippen molar-refractivity contribution in [3.63, 3.8) is 0 Å². The van der Waals surface area contributed by atoms with Crippen LogP contribution in [0.2, 0.25) is 5.02 Å². The lowest BCUT2D eigenvalue weighted by Crippen LogP contribution is -2.38. The normalized spacial score (nSPS) is 23.9.